The zero-order chi connectivity index (χ0) is 27.4. The van der Waals surface area contributed by atoms with Gasteiger partial charge in [-0.15, -0.1) is 0 Å². The average Bonchev–Trinajstić information content (AvgIpc) is 3.13. The molecule has 0 aliphatic carbocycles. The third kappa shape index (κ3) is 6.48. The number of carbonyl (C=O) groups excluding carboxylic acids is 3. The second-order valence-corrected chi connectivity index (χ2v) is 10.4. The number of nitrogens with one attached hydrogen (secondary N) is 1. The van der Waals surface area contributed by atoms with Gasteiger partial charge in [0.25, 0.3) is 16.8 Å². The molecule has 3 aromatic carbocycles. The number of aryl methyl sites for hydroxylation is 2. The molecule has 1 saturated heterocycles. The van der Waals surface area contributed by atoms with Crippen LogP contribution in [0.3, 0.4) is 0 Å². The van der Waals surface area contributed by atoms with Crippen molar-refractivity contribution in [3.63, 3.8) is 0 Å². The van der Waals surface area contributed by atoms with Gasteiger partial charge in [0, 0.05) is 27.9 Å². The normalized spacial score (nSPS) is 14.2. The van der Waals surface area contributed by atoms with Gasteiger partial charge in [-0.05, 0) is 84.8 Å². The van der Waals surface area contributed by atoms with Crippen LogP contribution < -0.4 is 10.1 Å². The molecular weight excluding hydrogens is 574 g/mol. The molecule has 11 heteroatoms. The van der Waals surface area contributed by atoms with E-state index in [9.17, 15) is 24.5 Å². The Labute approximate surface area is 231 Å². The molecule has 1 aliphatic rings. The van der Waals surface area contributed by atoms with Gasteiger partial charge in [-0.3, -0.25) is 29.4 Å². The number of imide groups is 1. The number of hydrogen-bond donors (Lipinski definition) is 1. The predicted octanol–water partition coefficient (Wildman–Crippen LogP) is 6.23. The van der Waals surface area contributed by atoms with Gasteiger partial charge in [0.2, 0.25) is 5.91 Å². The molecule has 0 saturated carbocycles. The maximum atomic E-state index is 13.0. The van der Waals surface area contributed by atoms with Gasteiger partial charge in [0.1, 0.15) is 18.9 Å². The van der Waals surface area contributed by atoms with Crippen molar-refractivity contribution < 1.29 is 24.0 Å². The van der Waals surface area contributed by atoms with Gasteiger partial charge in [-0.1, -0.05) is 28.1 Å². The van der Waals surface area contributed by atoms with Crippen molar-refractivity contribution in [2.24, 2.45) is 0 Å². The fourth-order valence-corrected chi connectivity index (χ4v) is 4.83. The van der Waals surface area contributed by atoms with Crippen LogP contribution in [0.1, 0.15) is 22.3 Å². The number of benzene rings is 3. The van der Waals surface area contributed by atoms with Crippen molar-refractivity contribution in [3.05, 3.63) is 102 Å². The Bertz CT molecular complexity index is 1470. The van der Waals surface area contributed by atoms with Crippen LogP contribution in [-0.2, 0) is 16.2 Å². The van der Waals surface area contributed by atoms with Gasteiger partial charge < -0.3 is 10.1 Å². The molecule has 1 aliphatic heterocycles. The summed E-state index contributed by atoms with van der Waals surface area (Å²) in [6.45, 7) is 3.50. The number of non-ortho nitro benzene ring substituents is 1. The molecular formula is C27H22BrN3O6S. The van der Waals surface area contributed by atoms with Crippen molar-refractivity contribution in [2.45, 2.75) is 20.5 Å². The van der Waals surface area contributed by atoms with Crippen molar-refractivity contribution in [2.75, 3.05) is 11.9 Å². The Morgan fingerprint density at radius 3 is 2.55 bits per heavy atom. The Balaban J connectivity index is 1.47. The minimum Gasteiger partial charge on any atom is -0.488 e. The van der Waals surface area contributed by atoms with Gasteiger partial charge in [0.05, 0.1) is 9.83 Å². The molecule has 0 spiro atoms. The molecule has 1 fully saturated rings. The maximum Gasteiger partial charge on any atom is 0.294 e. The third-order valence-corrected chi connectivity index (χ3v) is 7.04. The minimum absolute atomic E-state index is 0.0171. The van der Waals surface area contributed by atoms with E-state index in [4.69, 9.17) is 4.74 Å². The lowest BCUT2D eigenvalue weighted by atomic mass is 10.1. The van der Waals surface area contributed by atoms with E-state index in [0.717, 1.165) is 37.8 Å². The standard InChI is InChI=1S/C27H22BrN3O6S/c1-16-3-4-17(2)22(11-16)29-25(32)14-30-26(33)24(38-27(30)34)13-19-12-20(28)7-10-23(19)37-15-18-5-8-21(9-6-18)31(35)36/h3-13H,14-15H2,1-2H3,(H,29,32)/b24-13-. The van der Waals surface area contributed by atoms with E-state index in [1.165, 1.54) is 12.1 Å². The van der Waals surface area contributed by atoms with Crippen LogP contribution in [0.15, 0.2) is 70.0 Å². The quantitative estimate of drug-likeness (QED) is 0.186. The molecule has 4 rings (SSSR count). The summed E-state index contributed by atoms with van der Waals surface area (Å²) in [6, 6.07) is 16.9. The zero-order valence-electron chi connectivity index (χ0n) is 20.4. The first-order valence-corrected chi connectivity index (χ1v) is 13.0. The van der Waals surface area contributed by atoms with Crippen LogP contribution >= 0.6 is 27.7 Å². The topological polar surface area (TPSA) is 119 Å². The predicted molar refractivity (Wildman–Crippen MR) is 149 cm³/mol. The van der Waals surface area contributed by atoms with Gasteiger partial charge in [0.15, 0.2) is 0 Å². The monoisotopic (exact) mass is 595 g/mol. The van der Waals surface area contributed by atoms with Crippen LogP contribution in [-0.4, -0.2) is 33.4 Å². The number of nitrogens with zero attached hydrogens (tertiary/aromatic N) is 2. The summed E-state index contributed by atoms with van der Waals surface area (Å²) >= 11 is 4.15. The molecule has 0 aromatic heterocycles. The van der Waals surface area contributed by atoms with E-state index < -0.39 is 28.5 Å². The molecule has 9 nitrogen and oxygen atoms in total. The van der Waals surface area contributed by atoms with Crippen molar-refractivity contribution in [3.8, 4) is 5.75 Å². The molecule has 1 N–H and O–H groups in total. The smallest absolute Gasteiger partial charge is 0.294 e. The summed E-state index contributed by atoms with van der Waals surface area (Å²) in [5, 5.41) is 13.1. The lowest BCUT2D eigenvalue weighted by Crippen LogP contribution is -2.36. The maximum absolute atomic E-state index is 13.0. The summed E-state index contributed by atoms with van der Waals surface area (Å²) in [5.74, 6) is -0.597. The Kier molecular flexibility index (Phi) is 8.28. The summed E-state index contributed by atoms with van der Waals surface area (Å²) in [6.07, 6.45) is 1.55. The molecule has 3 aromatic rings. The fourth-order valence-electron chi connectivity index (χ4n) is 3.62. The number of amides is 3. The highest BCUT2D eigenvalue weighted by molar-refractivity contribution is 9.10. The first-order chi connectivity index (χ1) is 18.1. The lowest BCUT2D eigenvalue weighted by molar-refractivity contribution is -0.384. The molecule has 1 heterocycles. The summed E-state index contributed by atoms with van der Waals surface area (Å²) in [4.78, 5) is 49.7. The lowest BCUT2D eigenvalue weighted by Gasteiger charge is -2.14. The summed E-state index contributed by atoms with van der Waals surface area (Å²) in [5.41, 5.74) is 3.72. The van der Waals surface area contributed by atoms with Crippen LogP contribution in [0.2, 0.25) is 0 Å². The number of halogens is 1. The zero-order valence-corrected chi connectivity index (χ0v) is 22.8. The fraction of sp³-hybridized carbons (Fsp3) is 0.148. The largest absolute Gasteiger partial charge is 0.488 e. The molecule has 0 bridgehead atoms. The molecule has 194 valence electrons. The number of carbonyl (C=O) groups is 3. The van der Waals surface area contributed by atoms with Crippen molar-refractivity contribution >= 4 is 62.2 Å². The Morgan fingerprint density at radius 1 is 1.11 bits per heavy atom. The van der Waals surface area contributed by atoms with E-state index in [1.54, 1.807) is 36.4 Å². The van der Waals surface area contributed by atoms with E-state index in [0.29, 0.717) is 17.0 Å². The number of ether oxygens (including phenoxy) is 1. The molecule has 38 heavy (non-hydrogen) atoms. The van der Waals surface area contributed by atoms with E-state index in [-0.39, 0.29) is 17.2 Å². The van der Waals surface area contributed by atoms with Crippen LogP contribution in [0.5, 0.6) is 5.75 Å². The summed E-state index contributed by atoms with van der Waals surface area (Å²) < 4.78 is 6.65. The number of nitro groups is 1. The second-order valence-electron chi connectivity index (χ2n) is 8.53. The average molecular weight is 596 g/mol. The van der Waals surface area contributed by atoms with E-state index in [1.807, 2.05) is 32.0 Å². The number of nitro benzene ring substituents is 1. The number of thioether (sulfide) groups is 1. The SMILES string of the molecule is Cc1ccc(C)c(NC(=O)CN2C(=O)S/C(=C\c3cc(Br)ccc3OCc3ccc([N+](=O)[O-])cc3)C2=O)c1. The van der Waals surface area contributed by atoms with E-state index in [2.05, 4.69) is 21.2 Å². The first kappa shape index (κ1) is 27.1. The number of hydrogen-bond acceptors (Lipinski definition) is 7. The molecule has 0 atom stereocenters. The molecule has 0 unspecified atom stereocenters. The van der Waals surface area contributed by atoms with Crippen molar-refractivity contribution in [1.82, 2.24) is 4.90 Å². The number of rotatable bonds is 8. The van der Waals surface area contributed by atoms with Crippen LogP contribution in [0, 0.1) is 24.0 Å². The Hall–Kier alpha value is -3.96. The number of anilines is 1. The molecule has 0 radical (unpaired) electrons. The third-order valence-electron chi connectivity index (χ3n) is 5.64. The van der Waals surface area contributed by atoms with Crippen LogP contribution in [0.4, 0.5) is 16.2 Å². The van der Waals surface area contributed by atoms with Gasteiger partial charge in [-0.25, -0.2) is 0 Å². The highest BCUT2D eigenvalue weighted by atomic mass is 79.9. The first-order valence-electron chi connectivity index (χ1n) is 11.4. The highest BCUT2D eigenvalue weighted by Crippen LogP contribution is 2.35. The minimum atomic E-state index is -0.572. The van der Waals surface area contributed by atoms with Crippen molar-refractivity contribution in [1.29, 1.82) is 0 Å². The van der Waals surface area contributed by atoms with Gasteiger partial charge >= 0.3 is 0 Å². The Morgan fingerprint density at radius 2 is 1.84 bits per heavy atom. The second kappa shape index (κ2) is 11.6. The van der Waals surface area contributed by atoms with E-state index >= 15 is 0 Å². The van der Waals surface area contributed by atoms with Gasteiger partial charge in [-0.2, -0.15) is 0 Å². The highest BCUT2D eigenvalue weighted by Gasteiger charge is 2.36. The molecule has 3 amide bonds. The summed E-state index contributed by atoms with van der Waals surface area (Å²) in [7, 11) is 0. The van der Waals surface area contributed by atoms with Crippen LogP contribution in [0.25, 0.3) is 6.08 Å².